The Bertz CT molecular complexity index is 900. The summed E-state index contributed by atoms with van der Waals surface area (Å²) in [7, 11) is 0. The monoisotopic (exact) mass is 433 g/mol. The van der Waals surface area contributed by atoms with Gasteiger partial charge < -0.3 is 15.8 Å². The molecule has 3 aromatic rings. The van der Waals surface area contributed by atoms with Crippen LogP contribution >= 0.6 is 23.7 Å². The molecule has 0 saturated heterocycles. The van der Waals surface area contributed by atoms with Crippen LogP contribution in [0, 0.1) is 0 Å². The number of unbranched alkanes of at least 4 members (excludes halogenated alkanes) is 1. The number of nitrogens with two attached hydrogens (primary N) is 1. The number of thiazole rings is 1. The molecule has 6 nitrogen and oxygen atoms in total. The number of halogens is 1. The number of carbonyl (C=O) groups excluding carboxylic acids is 2. The second-order valence-corrected chi connectivity index (χ2v) is 7.47. The molecule has 1 atom stereocenters. The topological polar surface area (TPSA) is 94.3 Å². The van der Waals surface area contributed by atoms with Gasteiger partial charge in [-0.25, -0.2) is 9.78 Å². The zero-order valence-corrected chi connectivity index (χ0v) is 17.5. The summed E-state index contributed by atoms with van der Waals surface area (Å²) in [6.45, 7) is 0.726. The van der Waals surface area contributed by atoms with Gasteiger partial charge in [0.15, 0.2) is 5.01 Å². The van der Waals surface area contributed by atoms with Crippen molar-refractivity contribution in [1.82, 2.24) is 10.3 Å². The number of nitrogens with zero attached hydrogens (tertiary/aromatic N) is 1. The van der Waals surface area contributed by atoms with E-state index in [9.17, 15) is 9.59 Å². The van der Waals surface area contributed by atoms with E-state index < -0.39 is 12.1 Å². The number of hydrogen-bond donors (Lipinski definition) is 2. The summed E-state index contributed by atoms with van der Waals surface area (Å²) in [4.78, 5) is 28.5. The first-order chi connectivity index (χ1) is 13.6. The Morgan fingerprint density at radius 2 is 1.79 bits per heavy atom. The fourth-order valence-corrected chi connectivity index (χ4v) is 3.69. The molecule has 0 aliphatic heterocycles. The van der Waals surface area contributed by atoms with Gasteiger partial charge in [0, 0.05) is 6.54 Å². The van der Waals surface area contributed by atoms with Gasteiger partial charge in [0.05, 0.1) is 16.3 Å². The van der Waals surface area contributed by atoms with E-state index in [1.807, 2.05) is 54.6 Å². The number of ether oxygens (including phenoxy) is 1. The molecule has 154 valence electrons. The highest BCUT2D eigenvalue weighted by molar-refractivity contribution is 7.20. The number of aromatic nitrogens is 1. The second-order valence-electron chi connectivity index (χ2n) is 6.44. The predicted molar refractivity (Wildman–Crippen MR) is 118 cm³/mol. The number of fused-ring (bicyclic) bond motifs is 1. The fraction of sp³-hybridized carbons (Fsp3) is 0.286. The minimum absolute atomic E-state index is 0. The van der Waals surface area contributed by atoms with Crippen molar-refractivity contribution in [1.29, 1.82) is 0 Å². The Kier molecular flexibility index (Phi) is 9.05. The zero-order chi connectivity index (χ0) is 19.8. The molecule has 3 rings (SSSR count). The van der Waals surface area contributed by atoms with E-state index in [2.05, 4.69) is 10.3 Å². The summed E-state index contributed by atoms with van der Waals surface area (Å²) >= 11 is 1.37. The number of para-hydroxylation sites is 1. The lowest BCUT2D eigenvalue weighted by Gasteiger charge is -2.09. The maximum absolute atomic E-state index is 12.4. The molecule has 8 heteroatoms. The summed E-state index contributed by atoms with van der Waals surface area (Å²) < 4.78 is 6.13. The number of carbonyl (C=O) groups is 2. The predicted octanol–water partition coefficient (Wildman–Crippen LogP) is 4.32. The average molecular weight is 434 g/mol. The average Bonchev–Trinajstić information content (AvgIpc) is 3.16. The molecule has 0 saturated carbocycles. The number of nitrogens with one attached hydrogen (secondary N) is 1. The molecule has 1 aromatic heterocycles. The summed E-state index contributed by atoms with van der Waals surface area (Å²) in [6.07, 6.45) is 1.56. The third-order valence-electron chi connectivity index (χ3n) is 4.27. The van der Waals surface area contributed by atoms with Crippen LogP contribution in [-0.2, 0) is 11.3 Å². The van der Waals surface area contributed by atoms with Gasteiger partial charge in [0.1, 0.15) is 6.61 Å². The van der Waals surface area contributed by atoms with Gasteiger partial charge in [-0.2, -0.15) is 0 Å². The normalized spacial score (nSPS) is 11.5. The third-order valence-corrected chi connectivity index (χ3v) is 5.32. The number of benzene rings is 2. The molecule has 0 unspecified atom stereocenters. The molecule has 3 N–H and O–H groups in total. The van der Waals surface area contributed by atoms with Crippen molar-refractivity contribution in [3.8, 4) is 0 Å². The number of alkyl carbamates (subject to hydrolysis) is 1. The summed E-state index contributed by atoms with van der Waals surface area (Å²) in [5.74, 6) is -0.128. The van der Waals surface area contributed by atoms with Gasteiger partial charge in [-0.05, 0) is 37.0 Å². The molecule has 0 aliphatic rings. The van der Waals surface area contributed by atoms with Crippen molar-refractivity contribution in [2.75, 3.05) is 6.54 Å². The van der Waals surface area contributed by atoms with Gasteiger partial charge in [-0.1, -0.05) is 42.5 Å². The maximum Gasteiger partial charge on any atom is 0.407 e. The van der Waals surface area contributed by atoms with Crippen molar-refractivity contribution >= 4 is 45.8 Å². The maximum atomic E-state index is 12.4. The highest BCUT2D eigenvalue weighted by Gasteiger charge is 2.19. The first kappa shape index (κ1) is 22.8. The van der Waals surface area contributed by atoms with E-state index in [-0.39, 0.29) is 24.8 Å². The van der Waals surface area contributed by atoms with Crippen LogP contribution in [0.15, 0.2) is 54.6 Å². The molecule has 2 aromatic carbocycles. The lowest BCUT2D eigenvalue weighted by atomic mass is 10.1. The SMILES string of the molecule is Cl.N[C@@H](CCCCNC(=O)OCc1ccccc1)C(=O)c1nc2ccccc2s1. The summed E-state index contributed by atoms with van der Waals surface area (Å²) in [6, 6.07) is 16.6. The highest BCUT2D eigenvalue weighted by Crippen LogP contribution is 2.22. The Morgan fingerprint density at radius 1 is 1.07 bits per heavy atom. The van der Waals surface area contributed by atoms with Gasteiger partial charge in [-0.3, -0.25) is 4.79 Å². The zero-order valence-electron chi connectivity index (χ0n) is 15.9. The first-order valence-corrected chi connectivity index (χ1v) is 10.0. The van der Waals surface area contributed by atoms with Crippen LogP contribution in [0.1, 0.15) is 34.6 Å². The molecule has 0 fully saturated rings. The van der Waals surface area contributed by atoms with Gasteiger partial charge in [0.2, 0.25) is 5.78 Å². The highest BCUT2D eigenvalue weighted by atomic mass is 35.5. The number of amides is 1. The Hall–Kier alpha value is -2.48. The standard InChI is InChI=1S/C21H23N3O3S.ClH/c22-16(19(25)20-24-17-11-4-5-12-18(17)28-20)10-6-7-13-23-21(26)27-14-15-8-2-1-3-9-15;/h1-5,8-9,11-12,16H,6-7,10,13-14,22H2,(H,23,26);1H/t16-;/m0./s1. The minimum Gasteiger partial charge on any atom is -0.445 e. The van der Waals surface area contributed by atoms with E-state index in [1.165, 1.54) is 11.3 Å². The molecule has 0 bridgehead atoms. The largest absolute Gasteiger partial charge is 0.445 e. The van der Waals surface area contributed by atoms with Crippen LogP contribution in [0.4, 0.5) is 4.79 Å². The summed E-state index contributed by atoms with van der Waals surface area (Å²) in [5.41, 5.74) is 7.79. The molecule has 0 radical (unpaired) electrons. The van der Waals surface area contributed by atoms with Crippen LogP contribution in [0.3, 0.4) is 0 Å². The fourth-order valence-electron chi connectivity index (χ4n) is 2.72. The second kappa shape index (κ2) is 11.5. The van der Waals surface area contributed by atoms with Gasteiger partial charge in [-0.15, -0.1) is 23.7 Å². The molecule has 0 spiro atoms. The quantitative estimate of drug-likeness (QED) is 0.387. The lowest BCUT2D eigenvalue weighted by molar-refractivity contribution is 0.0955. The van der Waals surface area contributed by atoms with E-state index in [0.29, 0.717) is 18.0 Å². The third kappa shape index (κ3) is 6.81. The van der Waals surface area contributed by atoms with Crippen LogP contribution in [-0.4, -0.2) is 29.4 Å². The first-order valence-electron chi connectivity index (χ1n) is 9.23. The molecular formula is C21H24ClN3O3S. The molecule has 0 aliphatic carbocycles. The summed E-state index contributed by atoms with van der Waals surface area (Å²) in [5, 5.41) is 3.16. The van der Waals surface area contributed by atoms with E-state index in [0.717, 1.165) is 28.6 Å². The van der Waals surface area contributed by atoms with Crippen molar-refractivity contribution in [2.24, 2.45) is 5.73 Å². The number of Topliss-reactive ketones (excluding diaryl/α,β-unsaturated/α-hetero) is 1. The number of rotatable bonds is 9. The van der Waals surface area contributed by atoms with Crippen LogP contribution in [0.2, 0.25) is 0 Å². The smallest absolute Gasteiger partial charge is 0.407 e. The van der Waals surface area contributed by atoms with Crippen molar-refractivity contribution < 1.29 is 14.3 Å². The van der Waals surface area contributed by atoms with Crippen LogP contribution in [0.25, 0.3) is 10.2 Å². The van der Waals surface area contributed by atoms with Gasteiger partial charge >= 0.3 is 6.09 Å². The van der Waals surface area contributed by atoms with E-state index in [1.54, 1.807) is 0 Å². The lowest BCUT2D eigenvalue weighted by Crippen LogP contribution is -2.31. The van der Waals surface area contributed by atoms with Crippen LogP contribution in [0.5, 0.6) is 0 Å². The number of ketones is 1. The van der Waals surface area contributed by atoms with E-state index in [4.69, 9.17) is 10.5 Å². The molecule has 29 heavy (non-hydrogen) atoms. The Balaban J connectivity index is 0.00000300. The van der Waals surface area contributed by atoms with Crippen molar-refractivity contribution in [2.45, 2.75) is 31.9 Å². The van der Waals surface area contributed by atoms with Gasteiger partial charge in [0.25, 0.3) is 0 Å². The van der Waals surface area contributed by atoms with Crippen molar-refractivity contribution in [3.63, 3.8) is 0 Å². The van der Waals surface area contributed by atoms with Crippen molar-refractivity contribution in [3.05, 3.63) is 65.2 Å². The Labute approximate surface area is 179 Å². The minimum atomic E-state index is -0.578. The Morgan fingerprint density at radius 3 is 2.55 bits per heavy atom. The van der Waals surface area contributed by atoms with E-state index >= 15 is 0 Å². The molecular weight excluding hydrogens is 410 g/mol. The molecule has 1 heterocycles. The molecule has 1 amide bonds. The van der Waals surface area contributed by atoms with Crippen LogP contribution < -0.4 is 11.1 Å². The number of hydrogen-bond acceptors (Lipinski definition) is 6.